The molecule has 2 aromatic carbocycles. The summed E-state index contributed by atoms with van der Waals surface area (Å²) >= 11 is 7.76. The first-order valence-corrected chi connectivity index (χ1v) is 10.5. The molecule has 0 saturated heterocycles. The Kier molecular flexibility index (Phi) is 7.25. The van der Waals surface area contributed by atoms with Gasteiger partial charge in [0.1, 0.15) is 17.4 Å². The topological polar surface area (TPSA) is 68.7 Å². The summed E-state index contributed by atoms with van der Waals surface area (Å²) in [4.78, 5) is 15.9. The van der Waals surface area contributed by atoms with E-state index in [-0.39, 0.29) is 0 Å². The first-order chi connectivity index (χ1) is 14.0. The maximum atomic E-state index is 11.3. The molecule has 0 saturated carbocycles. The molecule has 3 rings (SSSR count). The van der Waals surface area contributed by atoms with Crippen LogP contribution >= 0.6 is 22.9 Å². The Bertz CT molecular complexity index is 988. The summed E-state index contributed by atoms with van der Waals surface area (Å²) in [7, 11) is 0. The van der Waals surface area contributed by atoms with E-state index in [0.29, 0.717) is 30.4 Å². The van der Waals surface area contributed by atoms with Gasteiger partial charge in [-0.2, -0.15) is 0 Å². The lowest BCUT2D eigenvalue weighted by molar-refractivity contribution is -0.149. The fourth-order valence-corrected chi connectivity index (χ4v) is 4.02. The van der Waals surface area contributed by atoms with E-state index in [1.807, 2.05) is 54.8 Å². The molecule has 5 nitrogen and oxygen atoms in total. The molecule has 7 heteroatoms. The zero-order chi connectivity index (χ0) is 20.8. The van der Waals surface area contributed by atoms with Gasteiger partial charge in [0.15, 0.2) is 6.10 Å². The molecular formula is C22H22ClNO4S. The van der Waals surface area contributed by atoms with Gasteiger partial charge in [0.2, 0.25) is 0 Å². The van der Waals surface area contributed by atoms with Crippen molar-refractivity contribution in [3.63, 3.8) is 0 Å². The van der Waals surface area contributed by atoms with Gasteiger partial charge in [0, 0.05) is 24.0 Å². The van der Waals surface area contributed by atoms with Gasteiger partial charge in [-0.15, -0.1) is 11.3 Å². The molecule has 3 aromatic rings. The highest BCUT2D eigenvalue weighted by Gasteiger charge is 2.19. The van der Waals surface area contributed by atoms with Crippen LogP contribution in [0.15, 0.2) is 47.8 Å². The Morgan fingerprint density at radius 2 is 2.07 bits per heavy atom. The van der Waals surface area contributed by atoms with Crippen molar-refractivity contribution in [2.45, 2.75) is 33.0 Å². The number of aliphatic carboxylic acids is 1. The average Bonchev–Trinajstić information content (AvgIpc) is 3.16. The zero-order valence-electron chi connectivity index (χ0n) is 16.2. The molecule has 1 unspecified atom stereocenters. The average molecular weight is 432 g/mol. The highest BCUT2D eigenvalue weighted by Crippen LogP contribution is 2.30. The van der Waals surface area contributed by atoms with Crippen molar-refractivity contribution < 1.29 is 19.4 Å². The molecule has 29 heavy (non-hydrogen) atoms. The zero-order valence-corrected chi connectivity index (χ0v) is 17.8. The van der Waals surface area contributed by atoms with Crippen molar-refractivity contribution in [2.24, 2.45) is 0 Å². The Labute approximate surface area is 178 Å². The second kappa shape index (κ2) is 9.87. The summed E-state index contributed by atoms with van der Waals surface area (Å²) in [5.74, 6) is -0.244. The van der Waals surface area contributed by atoms with E-state index in [9.17, 15) is 9.90 Å². The Morgan fingerprint density at radius 1 is 1.28 bits per heavy atom. The second-order valence-electron chi connectivity index (χ2n) is 6.49. The van der Waals surface area contributed by atoms with Crippen LogP contribution in [0, 0.1) is 6.92 Å². The maximum Gasteiger partial charge on any atom is 0.333 e. The van der Waals surface area contributed by atoms with Crippen LogP contribution in [0.2, 0.25) is 5.02 Å². The number of halogens is 1. The van der Waals surface area contributed by atoms with Gasteiger partial charge in [-0.05, 0) is 43.2 Å². The molecule has 0 bridgehead atoms. The van der Waals surface area contributed by atoms with Crippen molar-refractivity contribution in [3.8, 4) is 16.3 Å². The molecule has 0 radical (unpaired) electrons. The fourth-order valence-electron chi connectivity index (χ4n) is 2.89. The third-order valence-electron chi connectivity index (χ3n) is 4.41. The lowest BCUT2D eigenvalue weighted by Gasteiger charge is -2.15. The van der Waals surface area contributed by atoms with Gasteiger partial charge in [0.25, 0.3) is 0 Å². The maximum absolute atomic E-state index is 11.3. The van der Waals surface area contributed by atoms with Crippen molar-refractivity contribution in [1.29, 1.82) is 0 Å². The molecule has 1 atom stereocenters. The van der Waals surface area contributed by atoms with E-state index in [2.05, 4.69) is 4.98 Å². The number of thiazole rings is 1. The molecule has 1 aromatic heterocycles. The lowest BCUT2D eigenvalue weighted by Crippen LogP contribution is -2.26. The van der Waals surface area contributed by atoms with Gasteiger partial charge in [-0.3, -0.25) is 0 Å². The van der Waals surface area contributed by atoms with E-state index in [4.69, 9.17) is 21.1 Å². The minimum absolute atomic E-state index is 0.322. The first-order valence-electron chi connectivity index (χ1n) is 9.24. The molecular weight excluding hydrogens is 410 g/mol. The predicted molar refractivity (Wildman–Crippen MR) is 115 cm³/mol. The summed E-state index contributed by atoms with van der Waals surface area (Å²) in [6.07, 6.45) is -0.522. The molecule has 1 heterocycles. The predicted octanol–water partition coefficient (Wildman–Crippen LogP) is 5.38. The summed E-state index contributed by atoms with van der Waals surface area (Å²) < 4.78 is 11.2. The highest BCUT2D eigenvalue weighted by molar-refractivity contribution is 7.13. The lowest BCUT2D eigenvalue weighted by atomic mass is 10.0. The van der Waals surface area contributed by atoms with Gasteiger partial charge in [0.05, 0.1) is 10.7 Å². The molecule has 0 aliphatic rings. The van der Waals surface area contributed by atoms with Gasteiger partial charge < -0.3 is 14.6 Å². The molecule has 0 aliphatic heterocycles. The quantitative estimate of drug-likeness (QED) is 0.492. The van der Waals surface area contributed by atoms with E-state index in [1.54, 1.807) is 6.92 Å². The fraction of sp³-hybridized carbons (Fsp3) is 0.273. The Morgan fingerprint density at radius 3 is 2.76 bits per heavy atom. The number of carboxylic acids is 1. The van der Waals surface area contributed by atoms with E-state index >= 15 is 0 Å². The highest BCUT2D eigenvalue weighted by atomic mass is 35.5. The summed E-state index contributed by atoms with van der Waals surface area (Å²) in [6.45, 7) is 4.43. The number of aryl methyl sites for hydroxylation is 1. The Hall–Kier alpha value is -2.41. The van der Waals surface area contributed by atoms with Crippen LogP contribution in [0.3, 0.4) is 0 Å². The molecule has 0 spiro atoms. The third kappa shape index (κ3) is 5.56. The number of ether oxygens (including phenoxy) is 2. The molecule has 0 amide bonds. The Balaban J connectivity index is 1.64. The number of aromatic nitrogens is 1. The van der Waals surface area contributed by atoms with E-state index < -0.39 is 12.1 Å². The standard InChI is InChI=1S/C22H22ClNO4S/c1-3-27-20(22(25)26)11-15-8-9-17(10-14(15)2)28-12-16-13-29-21(24-16)18-6-4-5-7-19(18)23/h4-10,13,20H,3,11-12H2,1-2H3,(H,25,26). The number of carbonyl (C=O) groups is 1. The monoisotopic (exact) mass is 431 g/mol. The van der Waals surface area contributed by atoms with Crippen LogP contribution in [-0.4, -0.2) is 28.8 Å². The largest absolute Gasteiger partial charge is 0.487 e. The normalized spacial score (nSPS) is 12.0. The van der Waals surface area contributed by atoms with Crippen LogP contribution in [0.25, 0.3) is 10.6 Å². The second-order valence-corrected chi connectivity index (χ2v) is 7.75. The summed E-state index contributed by atoms with van der Waals surface area (Å²) in [5.41, 5.74) is 3.62. The van der Waals surface area contributed by atoms with Gasteiger partial charge in [-0.1, -0.05) is 35.9 Å². The van der Waals surface area contributed by atoms with Crippen LogP contribution in [-0.2, 0) is 22.6 Å². The van der Waals surface area contributed by atoms with Crippen molar-refractivity contribution in [1.82, 2.24) is 4.98 Å². The van der Waals surface area contributed by atoms with Crippen LogP contribution in [0.4, 0.5) is 0 Å². The number of rotatable bonds is 9. The van der Waals surface area contributed by atoms with E-state index in [1.165, 1.54) is 11.3 Å². The molecule has 0 aliphatic carbocycles. The number of hydrogen-bond donors (Lipinski definition) is 1. The first kappa shape index (κ1) is 21.3. The number of nitrogens with zero attached hydrogens (tertiary/aromatic N) is 1. The van der Waals surface area contributed by atoms with Crippen molar-refractivity contribution in [3.05, 3.63) is 69.7 Å². The van der Waals surface area contributed by atoms with Crippen molar-refractivity contribution in [2.75, 3.05) is 6.61 Å². The molecule has 0 fully saturated rings. The minimum atomic E-state index is -0.954. The smallest absolute Gasteiger partial charge is 0.333 e. The summed E-state index contributed by atoms with van der Waals surface area (Å²) in [6, 6.07) is 13.2. The van der Waals surface area contributed by atoms with Crippen molar-refractivity contribution >= 4 is 28.9 Å². The van der Waals surface area contributed by atoms with E-state index in [0.717, 1.165) is 27.4 Å². The van der Waals surface area contributed by atoms with Crippen LogP contribution < -0.4 is 4.74 Å². The van der Waals surface area contributed by atoms with Crippen LogP contribution in [0.5, 0.6) is 5.75 Å². The summed E-state index contributed by atoms with van der Waals surface area (Å²) in [5, 5.41) is 12.7. The third-order valence-corrected chi connectivity index (χ3v) is 5.66. The van der Waals surface area contributed by atoms with Gasteiger partial charge in [-0.25, -0.2) is 9.78 Å². The minimum Gasteiger partial charge on any atom is -0.487 e. The number of benzene rings is 2. The number of carboxylic acid groups (broad SMARTS) is 1. The molecule has 152 valence electrons. The van der Waals surface area contributed by atoms with Crippen LogP contribution in [0.1, 0.15) is 23.7 Å². The SMILES string of the molecule is CCOC(Cc1ccc(OCc2csc(-c3ccccc3Cl)n2)cc1C)C(=O)O. The molecule has 1 N–H and O–H groups in total. The number of hydrogen-bond acceptors (Lipinski definition) is 5. The van der Waals surface area contributed by atoms with Gasteiger partial charge >= 0.3 is 5.97 Å².